The Morgan fingerprint density at radius 3 is 2.75 bits per heavy atom. The number of benzene rings is 1. The van der Waals surface area contributed by atoms with Crippen LogP contribution >= 0.6 is 15.9 Å². The molecular weight excluding hydrogens is 370 g/mol. The van der Waals surface area contributed by atoms with Crippen LogP contribution in [-0.2, 0) is 16.0 Å². The Balaban J connectivity index is 1.84. The fraction of sp³-hybridized carbons (Fsp3) is 0.579. The third-order valence-corrected chi connectivity index (χ3v) is 6.26. The van der Waals surface area contributed by atoms with Crippen LogP contribution in [0.2, 0.25) is 0 Å². The standard InChI is InChI=1S/C19H24BrNO3/c1-12(2)17(20)18(22)14-7-8-15-13(11-14)5-3-9-21(15)19(23)16-6-4-10-24-16/h7-8,11-12,16-17H,3-6,9-10H2,1-2H3. The van der Waals surface area contributed by atoms with Crippen LogP contribution in [0.25, 0.3) is 0 Å². The minimum atomic E-state index is -0.301. The number of hydrogen-bond acceptors (Lipinski definition) is 3. The van der Waals surface area contributed by atoms with Crippen LogP contribution in [0.4, 0.5) is 5.69 Å². The van der Waals surface area contributed by atoms with Crippen molar-refractivity contribution in [2.24, 2.45) is 5.92 Å². The van der Waals surface area contributed by atoms with Crippen LogP contribution < -0.4 is 4.90 Å². The van der Waals surface area contributed by atoms with Gasteiger partial charge in [-0.2, -0.15) is 0 Å². The van der Waals surface area contributed by atoms with Crippen LogP contribution in [0.15, 0.2) is 18.2 Å². The number of amides is 1. The normalized spacial score (nSPS) is 21.7. The van der Waals surface area contributed by atoms with E-state index in [4.69, 9.17) is 4.74 Å². The Morgan fingerprint density at radius 2 is 2.08 bits per heavy atom. The zero-order chi connectivity index (χ0) is 17.3. The average Bonchev–Trinajstić information content (AvgIpc) is 3.13. The molecule has 5 heteroatoms. The summed E-state index contributed by atoms with van der Waals surface area (Å²) >= 11 is 3.49. The number of carbonyl (C=O) groups is 2. The van der Waals surface area contributed by atoms with E-state index in [2.05, 4.69) is 15.9 Å². The minimum absolute atomic E-state index is 0.0630. The largest absolute Gasteiger partial charge is 0.368 e. The van der Waals surface area contributed by atoms with Crippen LogP contribution in [0.1, 0.15) is 49.0 Å². The first-order valence-electron chi connectivity index (χ1n) is 8.73. The first-order valence-corrected chi connectivity index (χ1v) is 9.65. The summed E-state index contributed by atoms with van der Waals surface area (Å²) in [5.41, 5.74) is 2.74. The van der Waals surface area contributed by atoms with E-state index >= 15 is 0 Å². The molecule has 0 radical (unpaired) electrons. The SMILES string of the molecule is CC(C)C(Br)C(=O)c1ccc2c(c1)CCCN2C(=O)C1CCCO1. The molecule has 1 amide bonds. The van der Waals surface area contributed by atoms with E-state index in [0.29, 0.717) is 6.61 Å². The Hall–Kier alpha value is -1.20. The first-order chi connectivity index (χ1) is 11.5. The summed E-state index contributed by atoms with van der Waals surface area (Å²) in [6, 6.07) is 5.73. The maximum atomic E-state index is 12.7. The van der Waals surface area contributed by atoms with Crippen molar-refractivity contribution in [2.75, 3.05) is 18.1 Å². The van der Waals surface area contributed by atoms with Crippen LogP contribution in [0, 0.1) is 5.92 Å². The van der Waals surface area contributed by atoms with E-state index in [9.17, 15) is 9.59 Å². The minimum Gasteiger partial charge on any atom is -0.368 e. The maximum Gasteiger partial charge on any atom is 0.256 e. The molecule has 1 aromatic rings. The lowest BCUT2D eigenvalue weighted by Gasteiger charge is -2.31. The summed E-state index contributed by atoms with van der Waals surface area (Å²) in [6.07, 6.45) is 3.28. The Labute approximate surface area is 151 Å². The summed E-state index contributed by atoms with van der Waals surface area (Å²) in [6.45, 7) is 5.45. The predicted octanol–water partition coefficient (Wildman–Crippen LogP) is 3.75. The van der Waals surface area contributed by atoms with E-state index in [1.54, 1.807) is 0 Å². The molecule has 0 saturated carbocycles. The van der Waals surface area contributed by atoms with Gasteiger partial charge in [0.15, 0.2) is 5.78 Å². The highest BCUT2D eigenvalue weighted by atomic mass is 79.9. The van der Waals surface area contributed by atoms with E-state index in [1.807, 2.05) is 36.9 Å². The van der Waals surface area contributed by atoms with E-state index in [1.165, 1.54) is 0 Å². The molecule has 2 atom stereocenters. The molecule has 4 nitrogen and oxygen atoms in total. The smallest absolute Gasteiger partial charge is 0.256 e. The first kappa shape index (κ1) is 17.6. The maximum absolute atomic E-state index is 12.7. The Morgan fingerprint density at radius 1 is 1.29 bits per heavy atom. The molecule has 1 aromatic carbocycles. The number of aryl methyl sites for hydroxylation is 1. The highest BCUT2D eigenvalue weighted by Crippen LogP contribution is 2.31. The second kappa shape index (κ2) is 7.36. The van der Waals surface area contributed by atoms with Gasteiger partial charge in [0.2, 0.25) is 0 Å². The number of ketones is 1. The molecule has 0 aliphatic carbocycles. The zero-order valence-electron chi connectivity index (χ0n) is 14.3. The number of carbonyl (C=O) groups excluding carboxylic acids is 2. The topological polar surface area (TPSA) is 46.6 Å². The van der Waals surface area contributed by atoms with Gasteiger partial charge in [-0.05, 0) is 55.4 Å². The number of hydrogen-bond donors (Lipinski definition) is 0. The van der Waals surface area contributed by atoms with Crippen molar-refractivity contribution < 1.29 is 14.3 Å². The number of anilines is 1. The van der Waals surface area contributed by atoms with Crippen molar-refractivity contribution in [3.8, 4) is 0 Å². The summed E-state index contributed by atoms with van der Waals surface area (Å²) in [7, 11) is 0. The van der Waals surface area contributed by atoms with Crippen LogP contribution in [-0.4, -0.2) is 35.8 Å². The molecule has 1 saturated heterocycles. The number of fused-ring (bicyclic) bond motifs is 1. The van der Waals surface area contributed by atoms with Gasteiger partial charge >= 0.3 is 0 Å². The fourth-order valence-electron chi connectivity index (χ4n) is 3.39. The van der Waals surface area contributed by atoms with Gasteiger partial charge < -0.3 is 9.64 Å². The summed E-state index contributed by atoms with van der Waals surface area (Å²) in [5, 5.41) is 0. The number of halogens is 1. The molecule has 0 N–H and O–H groups in total. The van der Waals surface area contributed by atoms with Crippen molar-refractivity contribution >= 4 is 33.3 Å². The molecule has 1 fully saturated rings. The average molecular weight is 394 g/mol. The van der Waals surface area contributed by atoms with Crippen molar-refractivity contribution in [3.05, 3.63) is 29.3 Å². The van der Waals surface area contributed by atoms with Gasteiger partial charge in [-0.1, -0.05) is 29.8 Å². The van der Waals surface area contributed by atoms with Crippen LogP contribution in [0.5, 0.6) is 0 Å². The van der Waals surface area contributed by atoms with Gasteiger partial charge in [-0.15, -0.1) is 0 Å². The van der Waals surface area contributed by atoms with Crippen molar-refractivity contribution in [2.45, 2.75) is 50.5 Å². The van der Waals surface area contributed by atoms with Gasteiger partial charge in [0.25, 0.3) is 5.91 Å². The van der Waals surface area contributed by atoms with Crippen molar-refractivity contribution in [1.82, 2.24) is 0 Å². The van der Waals surface area contributed by atoms with Gasteiger partial charge in [0, 0.05) is 24.4 Å². The lowest BCUT2D eigenvalue weighted by molar-refractivity contribution is -0.127. The molecule has 24 heavy (non-hydrogen) atoms. The van der Waals surface area contributed by atoms with E-state index < -0.39 is 0 Å². The molecule has 2 heterocycles. The molecule has 2 aliphatic rings. The zero-order valence-corrected chi connectivity index (χ0v) is 15.8. The third-order valence-electron chi connectivity index (χ3n) is 4.79. The summed E-state index contributed by atoms with van der Waals surface area (Å²) < 4.78 is 5.55. The van der Waals surface area contributed by atoms with Crippen LogP contribution in [0.3, 0.4) is 0 Å². The monoisotopic (exact) mass is 393 g/mol. The second-order valence-corrected chi connectivity index (χ2v) is 7.94. The molecule has 3 rings (SSSR count). The molecule has 0 spiro atoms. The van der Waals surface area contributed by atoms with Gasteiger partial charge in [0.05, 0.1) is 4.83 Å². The molecule has 130 valence electrons. The highest BCUT2D eigenvalue weighted by Gasteiger charge is 2.32. The Kier molecular flexibility index (Phi) is 5.40. The van der Waals surface area contributed by atoms with Crippen molar-refractivity contribution in [3.63, 3.8) is 0 Å². The van der Waals surface area contributed by atoms with E-state index in [0.717, 1.165) is 49.0 Å². The number of Topliss-reactive ketones (excluding diaryl/α,β-unsaturated/α-hetero) is 1. The number of alkyl halides is 1. The summed E-state index contributed by atoms with van der Waals surface area (Å²) in [5.74, 6) is 0.412. The molecule has 2 unspecified atom stereocenters. The quantitative estimate of drug-likeness (QED) is 0.577. The third kappa shape index (κ3) is 3.42. The summed E-state index contributed by atoms with van der Waals surface area (Å²) in [4.78, 5) is 26.9. The second-order valence-electron chi connectivity index (χ2n) is 6.95. The lowest BCUT2D eigenvalue weighted by atomic mass is 9.94. The fourth-order valence-corrected chi connectivity index (χ4v) is 3.65. The van der Waals surface area contributed by atoms with Gasteiger partial charge in [-0.3, -0.25) is 9.59 Å². The predicted molar refractivity (Wildman–Crippen MR) is 98.0 cm³/mol. The number of rotatable bonds is 4. The number of ether oxygens (including phenoxy) is 1. The van der Waals surface area contributed by atoms with Gasteiger partial charge in [0.1, 0.15) is 6.10 Å². The highest BCUT2D eigenvalue weighted by molar-refractivity contribution is 9.10. The lowest BCUT2D eigenvalue weighted by Crippen LogP contribution is -2.42. The molecular formula is C19H24BrNO3. The van der Waals surface area contributed by atoms with E-state index in [-0.39, 0.29) is 28.5 Å². The Bertz CT molecular complexity index is 637. The number of nitrogens with zero attached hydrogens (tertiary/aromatic N) is 1. The van der Waals surface area contributed by atoms with Crippen molar-refractivity contribution in [1.29, 1.82) is 0 Å². The molecule has 2 aliphatic heterocycles. The molecule has 0 aromatic heterocycles. The van der Waals surface area contributed by atoms with Gasteiger partial charge in [-0.25, -0.2) is 0 Å². The molecule has 0 bridgehead atoms.